The molecule has 0 saturated heterocycles. The van der Waals surface area contributed by atoms with Gasteiger partial charge in [0.05, 0.1) is 12.2 Å². The highest BCUT2D eigenvalue weighted by Gasteiger charge is 2.20. The fraction of sp³-hybridized carbons (Fsp3) is 0.409. The van der Waals surface area contributed by atoms with E-state index < -0.39 is 11.9 Å². The first kappa shape index (κ1) is 22.1. The zero-order chi connectivity index (χ0) is 22.5. The van der Waals surface area contributed by atoms with Gasteiger partial charge in [-0.05, 0) is 44.0 Å². The monoisotopic (exact) mass is 455 g/mol. The third-order valence-electron chi connectivity index (χ3n) is 5.27. The van der Waals surface area contributed by atoms with Crippen LogP contribution in [0.3, 0.4) is 0 Å². The number of benzene rings is 1. The maximum Gasteiger partial charge on any atom is 0.350 e. The highest BCUT2D eigenvalue weighted by molar-refractivity contribution is 8.00. The summed E-state index contributed by atoms with van der Waals surface area (Å²) < 4.78 is 7.52. The van der Waals surface area contributed by atoms with Crippen molar-refractivity contribution in [2.45, 2.75) is 55.8 Å². The van der Waals surface area contributed by atoms with Crippen LogP contribution < -0.4 is 11.0 Å². The van der Waals surface area contributed by atoms with Crippen LogP contribution in [0.1, 0.15) is 49.4 Å². The Morgan fingerprint density at radius 1 is 1.19 bits per heavy atom. The maximum absolute atomic E-state index is 12.7. The van der Waals surface area contributed by atoms with Gasteiger partial charge in [0.25, 0.3) is 0 Å². The first-order chi connectivity index (χ1) is 15.5. The molecule has 2 heterocycles. The van der Waals surface area contributed by atoms with Crippen LogP contribution in [0.25, 0.3) is 5.65 Å². The Labute approximate surface area is 189 Å². The lowest BCUT2D eigenvalue weighted by Crippen LogP contribution is -2.28. The van der Waals surface area contributed by atoms with Crippen molar-refractivity contribution in [2.75, 3.05) is 11.9 Å². The van der Waals surface area contributed by atoms with Crippen molar-refractivity contribution >= 4 is 35.0 Å². The van der Waals surface area contributed by atoms with Gasteiger partial charge in [-0.1, -0.05) is 31.0 Å². The van der Waals surface area contributed by atoms with Gasteiger partial charge >= 0.3 is 11.7 Å². The summed E-state index contributed by atoms with van der Waals surface area (Å²) in [5, 5.41) is 8.29. The lowest BCUT2D eigenvalue weighted by Gasteiger charge is -2.20. The van der Waals surface area contributed by atoms with Crippen molar-refractivity contribution in [1.29, 1.82) is 0 Å². The molecule has 1 saturated carbocycles. The van der Waals surface area contributed by atoms with E-state index in [-0.39, 0.29) is 12.2 Å². The summed E-state index contributed by atoms with van der Waals surface area (Å²) in [5.41, 5.74) is 0.993. The topological polar surface area (TPSA) is 108 Å². The molecule has 1 N–H and O–H groups in total. The Morgan fingerprint density at radius 3 is 2.66 bits per heavy atom. The van der Waals surface area contributed by atoms with Gasteiger partial charge < -0.3 is 10.1 Å². The number of aromatic nitrogens is 4. The number of amides is 1. The second-order valence-electron chi connectivity index (χ2n) is 7.59. The van der Waals surface area contributed by atoms with Crippen LogP contribution in [0, 0.1) is 0 Å². The molecule has 32 heavy (non-hydrogen) atoms. The maximum atomic E-state index is 12.7. The summed E-state index contributed by atoms with van der Waals surface area (Å²) >= 11 is 1.66. The zero-order valence-electron chi connectivity index (χ0n) is 17.8. The number of hydrogen-bond donors (Lipinski definition) is 1. The second kappa shape index (κ2) is 9.99. The average Bonchev–Trinajstić information content (AvgIpc) is 3.11. The SMILES string of the molecule is CCOC(=O)c1ccc(NC(=O)Cn2nc3c(SC4CCCCC4)nccn3c2=O)cc1. The van der Waals surface area contributed by atoms with E-state index in [2.05, 4.69) is 15.4 Å². The summed E-state index contributed by atoms with van der Waals surface area (Å²) in [7, 11) is 0. The van der Waals surface area contributed by atoms with Gasteiger partial charge in [-0.15, -0.1) is 5.10 Å². The van der Waals surface area contributed by atoms with Crippen molar-refractivity contribution in [2.24, 2.45) is 0 Å². The minimum atomic E-state index is -0.419. The van der Waals surface area contributed by atoms with E-state index in [4.69, 9.17) is 4.74 Å². The predicted molar refractivity (Wildman–Crippen MR) is 121 cm³/mol. The van der Waals surface area contributed by atoms with Crippen LogP contribution in [0.5, 0.6) is 0 Å². The molecule has 0 unspecified atom stereocenters. The van der Waals surface area contributed by atoms with Crippen molar-refractivity contribution < 1.29 is 14.3 Å². The molecular formula is C22H25N5O4S. The molecule has 0 bridgehead atoms. The largest absolute Gasteiger partial charge is 0.462 e. The number of carbonyl (C=O) groups is 2. The number of fused-ring (bicyclic) bond motifs is 1. The van der Waals surface area contributed by atoms with Crippen LogP contribution >= 0.6 is 11.8 Å². The lowest BCUT2D eigenvalue weighted by atomic mass is 10.0. The molecule has 10 heteroatoms. The molecule has 3 aromatic rings. The molecule has 0 radical (unpaired) electrons. The third-order valence-corrected chi connectivity index (χ3v) is 6.59. The number of anilines is 1. The molecule has 0 aliphatic heterocycles. The Hall–Kier alpha value is -3.14. The smallest absolute Gasteiger partial charge is 0.350 e. The third kappa shape index (κ3) is 5.01. The molecule has 0 spiro atoms. The number of carbonyl (C=O) groups excluding carboxylic acids is 2. The zero-order valence-corrected chi connectivity index (χ0v) is 18.6. The van der Waals surface area contributed by atoms with Crippen molar-refractivity contribution in [3.63, 3.8) is 0 Å². The molecule has 1 amide bonds. The van der Waals surface area contributed by atoms with E-state index in [0.29, 0.717) is 33.8 Å². The minimum Gasteiger partial charge on any atom is -0.462 e. The summed E-state index contributed by atoms with van der Waals surface area (Å²) in [6, 6.07) is 6.37. The van der Waals surface area contributed by atoms with E-state index in [9.17, 15) is 14.4 Å². The molecule has 9 nitrogen and oxygen atoms in total. The van der Waals surface area contributed by atoms with Crippen molar-refractivity contribution in [3.8, 4) is 0 Å². The van der Waals surface area contributed by atoms with Crippen LogP contribution in [-0.4, -0.2) is 42.9 Å². The normalized spacial score (nSPS) is 14.4. The number of rotatable bonds is 7. The van der Waals surface area contributed by atoms with Crippen LogP contribution in [0.15, 0.2) is 46.5 Å². The number of thioether (sulfide) groups is 1. The molecule has 168 valence electrons. The summed E-state index contributed by atoms with van der Waals surface area (Å²) in [5.74, 6) is -0.814. The van der Waals surface area contributed by atoms with Crippen LogP contribution in [-0.2, 0) is 16.1 Å². The van der Waals surface area contributed by atoms with E-state index in [1.807, 2.05) is 0 Å². The number of esters is 1. The molecule has 1 aliphatic carbocycles. The molecule has 4 rings (SSSR count). The fourth-order valence-electron chi connectivity index (χ4n) is 3.69. The molecular weight excluding hydrogens is 430 g/mol. The first-order valence-electron chi connectivity index (χ1n) is 10.7. The summed E-state index contributed by atoms with van der Waals surface area (Å²) in [6.45, 7) is 1.80. The second-order valence-corrected chi connectivity index (χ2v) is 8.88. The Morgan fingerprint density at radius 2 is 1.94 bits per heavy atom. The van der Waals surface area contributed by atoms with Crippen LogP contribution in [0.4, 0.5) is 5.69 Å². The van der Waals surface area contributed by atoms with Crippen molar-refractivity contribution in [1.82, 2.24) is 19.2 Å². The first-order valence-corrected chi connectivity index (χ1v) is 11.6. The molecule has 2 aromatic heterocycles. The molecule has 1 aromatic carbocycles. The predicted octanol–water partition coefficient (Wildman–Crippen LogP) is 3.13. The van der Waals surface area contributed by atoms with Gasteiger partial charge in [0.15, 0.2) is 5.65 Å². The molecule has 1 aliphatic rings. The number of nitrogens with zero attached hydrogens (tertiary/aromatic N) is 4. The van der Waals surface area contributed by atoms with E-state index >= 15 is 0 Å². The summed E-state index contributed by atoms with van der Waals surface area (Å²) in [4.78, 5) is 41.4. The average molecular weight is 456 g/mol. The van der Waals surface area contributed by atoms with E-state index in [1.165, 1.54) is 23.7 Å². The Bertz CT molecular complexity index is 1170. The van der Waals surface area contributed by atoms with Gasteiger partial charge in [-0.2, -0.15) is 0 Å². The highest BCUT2D eigenvalue weighted by atomic mass is 32.2. The van der Waals surface area contributed by atoms with Gasteiger partial charge in [-0.3, -0.25) is 4.79 Å². The van der Waals surface area contributed by atoms with Gasteiger partial charge in [-0.25, -0.2) is 23.7 Å². The van der Waals surface area contributed by atoms with Gasteiger partial charge in [0.2, 0.25) is 5.91 Å². The fourth-order valence-corrected chi connectivity index (χ4v) is 4.94. The highest BCUT2D eigenvalue weighted by Crippen LogP contribution is 2.33. The van der Waals surface area contributed by atoms with Gasteiger partial charge in [0.1, 0.15) is 11.6 Å². The summed E-state index contributed by atoms with van der Waals surface area (Å²) in [6.07, 6.45) is 9.12. The Kier molecular flexibility index (Phi) is 6.89. The van der Waals surface area contributed by atoms with E-state index in [1.54, 1.807) is 55.3 Å². The number of nitrogens with one attached hydrogen (secondary N) is 1. The minimum absolute atomic E-state index is 0.228. The Balaban J connectivity index is 1.46. The van der Waals surface area contributed by atoms with Crippen molar-refractivity contribution in [3.05, 3.63) is 52.7 Å². The van der Waals surface area contributed by atoms with E-state index in [0.717, 1.165) is 17.5 Å². The number of ether oxygens (including phenoxy) is 1. The molecule has 1 fully saturated rings. The number of hydrogen-bond acceptors (Lipinski definition) is 7. The standard InChI is InChI=1S/C22H25N5O4S/c1-2-31-21(29)15-8-10-16(11-9-15)24-18(28)14-27-22(30)26-13-12-23-20(19(26)25-27)32-17-6-4-3-5-7-17/h8-13,17H,2-7,14H2,1H3,(H,24,28). The quantitative estimate of drug-likeness (QED) is 0.545. The lowest BCUT2D eigenvalue weighted by molar-refractivity contribution is -0.117. The van der Waals surface area contributed by atoms with Crippen LogP contribution in [0.2, 0.25) is 0 Å². The molecule has 0 atom stereocenters. The van der Waals surface area contributed by atoms with Gasteiger partial charge in [0, 0.05) is 23.3 Å².